The molecule has 2 aromatic carbocycles. The first-order chi connectivity index (χ1) is 12.1. The molecule has 1 aromatic heterocycles. The Bertz CT molecular complexity index is 817. The maximum atomic E-state index is 4.66. The van der Waals surface area contributed by atoms with Gasteiger partial charge in [-0.2, -0.15) is 10.1 Å². The van der Waals surface area contributed by atoms with Gasteiger partial charge in [0.1, 0.15) is 0 Å². The summed E-state index contributed by atoms with van der Waals surface area (Å²) in [6.07, 6.45) is 1.71. The molecule has 0 aliphatic heterocycles. The van der Waals surface area contributed by atoms with Crippen molar-refractivity contribution in [2.24, 2.45) is 0 Å². The Kier molecular flexibility index (Phi) is 5.23. The average molecular weight is 333 g/mol. The van der Waals surface area contributed by atoms with Gasteiger partial charge in [-0.1, -0.05) is 42.5 Å². The maximum Gasteiger partial charge on any atom is 0.249 e. The zero-order chi connectivity index (χ0) is 17.6. The minimum atomic E-state index is 0.295. The number of hydrogen-bond acceptors (Lipinski definition) is 5. The highest BCUT2D eigenvalue weighted by atomic mass is 15.3. The van der Waals surface area contributed by atoms with Gasteiger partial charge in [0.05, 0.1) is 6.20 Å². The molecule has 5 nitrogen and oxygen atoms in total. The molecule has 25 heavy (non-hydrogen) atoms. The van der Waals surface area contributed by atoms with Gasteiger partial charge in [-0.05, 0) is 44.0 Å². The van der Waals surface area contributed by atoms with Gasteiger partial charge in [-0.15, -0.1) is 5.10 Å². The molecule has 0 aliphatic carbocycles. The highest BCUT2D eigenvalue weighted by molar-refractivity contribution is 5.55. The van der Waals surface area contributed by atoms with Crippen molar-refractivity contribution in [1.29, 1.82) is 0 Å². The summed E-state index contributed by atoms with van der Waals surface area (Å²) in [7, 11) is 0. The fourth-order valence-corrected chi connectivity index (χ4v) is 2.65. The Labute approximate surface area is 148 Å². The van der Waals surface area contributed by atoms with Gasteiger partial charge in [0.2, 0.25) is 5.95 Å². The molecule has 0 radical (unpaired) electrons. The molecule has 1 N–H and O–H groups in total. The van der Waals surface area contributed by atoms with E-state index in [2.05, 4.69) is 82.6 Å². The van der Waals surface area contributed by atoms with Crippen molar-refractivity contribution < 1.29 is 0 Å². The van der Waals surface area contributed by atoms with Gasteiger partial charge in [0.25, 0.3) is 0 Å². The fraction of sp³-hybridized carbons (Fsp3) is 0.250. The topological polar surface area (TPSA) is 53.9 Å². The molecule has 0 saturated heterocycles. The van der Waals surface area contributed by atoms with E-state index in [4.69, 9.17) is 0 Å². The van der Waals surface area contributed by atoms with E-state index in [-0.39, 0.29) is 0 Å². The summed E-state index contributed by atoms with van der Waals surface area (Å²) >= 11 is 0. The van der Waals surface area contributed by atoms with E-state index in [1.54, 1.807) is 6.20 Å². The monoisotopic (exact) mass is 333 g/mol. The van der Waals surface area contributed by atoms with E-state index in [9.17, 15) is 0 Å². The second kappa shape index (κ2) is 7.75. The van der Waals surface area contributed by atoms with Gasteiger partial charge in [0.15, 0.2) is 5.82 Å². The van der Waals surface area contributed by atoms with E-state index in [1.165, 1.54) is 11.1 Å². The van der Waals surface area contributed by atoms with Crippen LogP contribution in [0, 0.1) is 6.92 Å². The lowest BCUT2D eigenvalue weighted by Crippen LogP contribution is -2.31. The molecule has 0 saturated carbocycles. The minimum Gasteiger partial charge on any atom is -0.348 e. The second-order valence-electron chi connectivity index (χ2n) is 6.34. The van der Waals surface area contributed by atoms with Crippen molar-refractivity contribution in [3.8, 4) is 0 Å². The van der Waals surface area contributed by atoms with Crippen LogP contribution in [0.4, 0.5) is 17.5 Å². The lowest BCUT2D eigenvalue weighted by atomic mass is 10.2. The van der Waals surface area contributed by atoms with Crippen molar-refractivity contribution in [2.45, 2.75) is 33.4 Å². The minimum absolute atomic E-state index is 0.295. The number of benzene rings is 2. The summed E-state index contributed by atoms with van der Waals surface area (Å²) in [5.41, 5.74) is 3.38. The molecule has 5 heteroatoms. The van der Waals surface area contributed by atoms with Crippen molar-refractivity contribution in [3.05, 3.63) is 71.9 Å². The maximum absolute atomic E-state index is 4.66. The lowest BCUT2D eigenvalue weighted by Gasteiger charge is -2.27. The molecule has 3 rings (SSSR count). The predicted molar refractivity (Wildman–Crippen MR) is 102 cm³/mol. The normalized spacial score (nSPS) is 10.7. The third-order valence-electron chi connectivity index (χ3n) is 3.93. The smallest absolute Gasteiger partial charge is 0.249 e. The van der Waals surface area contributed by atoms with Crippen LogP contribution < -0.4 is 10.2 Å². The van der Waals surface area contributed by atoms with Crippen LogP contribution in [0.5, 0.6) is 0 Å². The lowest BCUT2D eigenvalue weighted by molar-refractivity contribution is 0.668. The highest BCUT2D eigenvalue weighted by Crippen LogP contribution is 2.20. The summed E-state index contributed by atoms with van der Waals surface area (Å²) < 4.78 is 0. The molecule has 128 valence electrons. The van der Waals surface area contributed by atoms with Crippen LogP contribution in [-0.4, -0.2) is 21.2 Å². The molecule has 3 aromatic rings. The SMILES string of the molecule is Cc1cccc(Nc2nncc(N(Cc3ccccc3)C(C)C)n2)c1. The molecule has 0 fully saturated rings. The Morgan fingerprint density at radius 3 is 2.56 bits per heavy atom. The van der Waals surface area contributed by atoms with Crippen LogP contribution in [0.25, 0.3) is 0 Å². The number of hydrogen-bond donors (Lipinski definition) is 1. The molecule has 0 bridgehead atoms. The zero-order valence-electron chi connectivity index (χ0n) is 14.8. The van der Waals surface area contributed by atoms with E-state index in [0.717, 1.165) is 18.1 Å². The standard InChI is InChI=1S/C20H23N5/c1-15(2)25(14-17-9-5-4-6-10-17)19-13-21-24-20(23-19)22-18-11-7-8-16(3)12-18/h4-13,15H,14H2,1-3H3,(H,22,23,24). The quantitative estimate of drug-likeness (QED) is 0.727. The molecular weight excluding hydrogens is 310 g/mol. The molecule has 0 spiro atoms. The number of aromatic nitrogens is 3. The van der Waals surface area contributed by atoms with E-state index in [1.807, 2.05) is 18.2 Å². The summed E-state index contributed by atoms with van der Waals surface area (Å²) in [4.78, 5) is 6.87. The van der Waals surface area contributed by atoms with Crippen molar-refractivity contribution in [3.63, 3.8) is 0 Å². The van der Waals surface area contributed by atoms with Crippen molar-refractivity contribution in [2.75, 3.05) is 10.2 Å². The largest absolute Gasteiger partial charge is 0.348 e. The average Bonchev–Trinajstić information content (AvgIpc) is 2.60. The van der Waals surface area contributed by atoms with E-state index < -0.39 is 0 Å². The van der Waals surface area contributed by atoms with Crippen LogP contribution in [0.15, 0.2) is 60.8 Å². The summed E-state index contributed by atoms with van der Waals surface area (Å²) in [5.74, 6) is 1.31. The Balaban J connectivity index is 1.82. The summed E-state index contributed by atoms with van der Waals surface area (Å²) in [6, 6.07) is 18.8. The van der Waals surface area contributed by atoms with Crippen LogP contribution >= 0.6 is 0 Å². The third-order valence-corrected chi connectivity index (χ3v) is 3.93. The molecule has 0 amide bonds. The van der Waals surface area contributed by atoms with Gasteiger partial charge >= 0.3 is 0 Å². The summed E-state index contributed by atoms with van der Waals surface area (Å²) in [5, 5.41) is 11.5. The number of anilines is 3. The van der Waals surface area contributed by atoms with Crippen LogP contribution in [0.1, 0.15) is 25.0 Å². The van der Waals surface area contributed by atoms with Gasteiger partial charge in [-0.3, -0.25) is 0 Å². The third kappa shape index (κ3) is 4.53. The molecule has 0 unspecified atom stereocenters. The van der Waals surface area contributed by atoms with Crippen LogP contribution in [-0.2, 0) is 6.54 Å². The number of nitrogens with one attached hydrogen (secondary N) is 1. The number of rotatable bonds is 6. The van der Waals surface area contributed by atoms with Gasteiger partial charge < -0.3 is 10.2 Å². The van der Waals surface area contributed by atoms with Gasteiger partial charge in [-0.25, -0.2) is 0 Å². The number of nitrogens with zero attached hydrogens (tertiary/aromatic N) is 4. The highest BCUT2D eigenvalue weighted by Gasteiger charge is 2.14. The molecular formula is C20H23N5. The van der Waals surface area contributed by atoms with E-state index >= 15 is 0 Å². The first-order valence-electron chi connectivity index (χ1n) is 8.46. The second-order valence-corrected chi connectivity index (χ2v) is 6.34. The van der Waals surface area contributed by atoms with Crippen LogP contribution in [0.3, 0.4) is 0 Å². The first kappa shape index (κ1) is 16.9. The fourth-order valence-electron chi connectivity index (χ4n) is 2.65. The zero-order valence-corrected chi connectivity index (χ0v) is 14.8. The molecule has 0 atom stereocenters. The molecule has 0 aliphatic rings. The molecule has 1 heterocycles. The Morgan fingerprint density at radius 1 is 1.04 bits per heavy atom. The Hall–Kier alpha value is -2.95. The van der Waals surface area contributed by atoms with Crippen molar-refractivity contribution >= 4 is 17.5 Å². The number of aryl methyl sites for hydroxylation is 1. The van der Waals surface area contributed by atoms with E-state index in [0.29, 0.717) is 12.0 Å². The predicted octanol–water partition coefficient (Wildman–Crippen LogP) is 4.34. The van der Waals surface area contributed by atoms with Gasteiger partial charge in [0, 0.05) is 18.3 Å². The van der Waals surface area contributed by atoms with Crippen LogP contribution in [0.2, 0.25) is 0 Å². The Morgan fingerprint density at radius 2 is 1.84 bits per heavy atom. The van der Waals surface area contributed by atoms with Crippen molar-refractivity contribution in [1.82, 2.24) is 15.2 Å². The summed E-state index contributed by atoms with van der Waals surface area (Å²) in [6.45, 7) is 7.14. The first-order valence-corrected chi connectivity index (χ1v) is 8.46.